The maximum absolute atomic E-state index is 11.9. The van der Waals surface area contributed by atoms with E-state index >= 15 is 0 Å². The quantitative estimate of drug-likeness (QED) is 0.396. The molecule has 2 heterocycles. The van der Waals surface area contributed by atoms with E-state index < -0.39 is 0 Å². The number of amides is 1. The Morgan fingerprint density at radius 1 is 1.24 bits per heavy atom. The van der Waals surface area contributed by atoms with Crippen LogP contribution >= 0.6 is 11.8 Å². The lowest BCUT2D eigenvalue weighted by Crippen LogP contribution is -2.27. The van der Waals surface area contributed by atoms with E-state index in [4.69, 9.17) is 9.15 Å². The third-order valence-electron chi connectivity index (χ3n) is 4.19. The van der Waals surface area contributed by atoms with Gasteiger partial charge in [0.15, 0.2) is 10.9 Å². The van der Waals surface area contributed by atoms with Gasteiger partial charge in [-0.3, -0.25) is 9.36 Å². The Morgan fingerprint density at radius 2 is 2.07 bits per heavy atom. The van der Waals surface area contributed by atoms with Gasteiger partial charge in [-0.2, -0.15) is 0 Å². The summed E-state index contributed by atoms with van der Waals surface area (Å²) in [6, 6.07) is 11.4. The number of hydrogen-bond donors (Lipinski definition) is 1. The molecule has 0 radical (unpaired) electrons. The molecule has 8 heteroatoms. The molecule has 1 aromatic carbocycles. The van der Waals surface area contributed by atoms with Crippen LogP contribution in [-0.2, 0) is 4.79 Å². The first-order valence-electron chi connectivity index (χ1n) is 9.62. The number of furan rings is 1. The van der Waals surface area contributed by atoms with Crippen molar-refractivity contribution in [1.82, 2.24) is 20.1 Å². The van der Waals surface area contributed by atoms with Crippen LogP contribution in [0, 0.1) is 5.92 Å². The van der Waals surface area contributed by atoms with Gasteiger partial charge >= 0.3 is 0 Å². The molecule has 0 saturated heterocycles. The topological polar surface area (TPSA) is 82.2 Å². The van der Waals surface area contributed by atoms with Gasteiger partial charge in [0.2, 0.25) is 11.7 Å². The summed E-state index contributed by atoms with van der Waals surface area (Å²) in [5.74, 6) is 3.24. The Morgan fingerprint density at radius 3 is 2.79 bits per heavy atom. The lowest BCUT2D eigenvalue weighted by molar-refractivity contribution is -0.121. The SMILES string of the molecule is COc1ccccc1-n1c(SCCCC(=O)NCC(C)C)nnc1-c1ccco1. The molecule has 29 heavy (non-hydrogen) atoms. The molecular weight excluding hydrogens is 388 g/mol. The number of methoxy groups -OCH3 is 1. The summed E-state index contributed by atoms with van der Waals surface area (Å²) in [6.07, 6.45) is 2.86. The number of nitrogens with one attached hydrogen (secondary N) is 1. The van der Waals surface area contributed by atoms with E-state index in [1.807, 2.05) is 41.0 Å². The van der Waals surface area contributed by atoms with Gasteiger partial charge in [-0.05, 0) is 36.6 Å². The maximum atomic E-state index is 11.9. The van der Waals surface area contributed by atoms with E-state index in [1.54, 1.807) is 25.1 Å². The van der Waals surface area contributed by atoms with Crippen LogP contribution in [-0.4, -0.2) is 40.1 Å². The summed E-state index contributed by atoms with van der Waals surface area (Å²) in [4.78, 5) is 11.9. The van der Waals surface area contributed by atoms with Crippen molar-refractivity contribution in [2.24, 2.45) is 5.92 Å². The Balaban J connectivity index is 1.75. The van der Waals surface area contributed by atoms with Gasteiger partial charge in [0.05, 0.1) is 19.1 Å². The number of benzene rings is 1. The number of rotatable bonds is 10. The van der Waals surface area contributed by atoms with Crippen LogP contribution in [0.25, 0.3) is 17.3 Å². The standard InChI is InChI=1S/C21H26N4O3S/c1-15(2)14-22-19(26)11-7-13-29-21-24-23-20(18-10-6-12-28-18)25(21)16-8-4-5-9-17(16)27-3/h4-6,8-10,12,15H,7,11,13-14H2,1-3H3,(H,22,26). The van der Waals surface area contributed by atoms with Gasteiger partial charge < -0.3 is 14.5 Å². The predicted molar refractivity (Wildman–Crippen MR) is 113 cm³/mol. The first kappa shape index (κ1) is 21.0. The first-order valence-corrected chi connectivity index (χ1v) is 10.6. The molecule has 0 bridgehead atoms. The summed E-state index contributed by atoms with van der Waals surface area (Å²) >= 11 is 1.56. The van der Waals surface area contributed by atoms with Gasteiger partial charge in [0.25, 0.3) is 0 Å². The smallest absolute Gasteiger partial charge is 0.220 e. The van der Waals surface area contributed by atoms with Crippen molar-refractivity contribution in [3.8, 4) is 23.0 Å². The molecule has 0 atom stereocenters. The van der Waals surface area contributed by atoms with Crippen molar-refractivity contribution < 1.29 is 13.9 Å². The van der Waals surface area contributed by atoms with Gasteiger partial charge in [0.1, 0.15) is 5.75 Å². The Hall–Kier alpha value is -2.74. The van der Waals surface area contributed by atoms with Crippen molar-refractivity contribution in [1.29, 1.82) is 0 Å². The lowest BCUT2D eigenvalue weighted by atomic mass is 10.2. The summed E-state index contributed by atoms with van der Waals surface area (Å²) in [5, 5.41) is 12.4. The summed E-state index contributed by atoms with van der Waals surface area (Å²) in [6.45, 7) is 4.87. The minimum Gasteiger partial charge on any atom is -0.495 e. The average Bonchev–Trinajstić information content (AvgIpc) is 3.39. The van der Waals surface area contributed by atoms with Crippen molar-refractivity contribution in [3.63, 3.8) is 0 Å². The van der Waals surface area contributed by atoms with Crippen LogP contribution in [0.5, 0.6) is 5.75 Å². The molecule has 1 N–H and O–H groups in total. The zero-order chi connectivity index (χ0) is 20.6. The van der Waals surface area contributed by atoms with E-state index in [2.05, 4.69) is 29.4 Å². The zero-order valence-electron chi connectivity index (χ0n) is 16.9. The number of nitrogens with zero attached hydrogens (tertiary/aromatic N) is 3. The normalized spacial score (nSPS) is 11.0. The maximum Gasteiger partial charge on any atom is 0.220 e. The third kappa shape index (κ3) is 5.41. The number of carbonyl (C=O) groups excluding carboxylic acids is 1. The van der Waals surface area contributed by atoms with Crippen LogP contribution < -0.4 is 10.1 Å². The molecule has 0 aliphatic heterocycles. The van der Waals surface area contributed by atoms with Gasteiger partial charge in [0, 0.05) is 18.7 Å². The minimum atomic E-state index is 0.0850. The number of para-hydroxylation sites is 2. The number of carbonyl (C=O) groups is 1. The van der Waals surface area contributed by atoms with Gasteiger partial charge in [-0.15, -0.1) is 10.2 Å². The predicted octanol–water partition coefficient (Wildman–Crippen LogP) is 4.18. The second-order valence-electron chi connectivity index (χ2n) is 6.94. The Bertz CT molecular complexity index is 922. The molecule has 0 saturated carbocycles. The van der Waals surface area contributed by atoms with E-state index in [0.29, 0.717) is 30.5 Å². The van der Waals surface area contributed by atoms with E-state index in [9.17, 15) is 4.79 Å². The number of hydrogen-bond acceptors (Lipinski definition) is 6. The van der Waals surface area contributed by atoms with Crippen molar-refractivity contribution in [2.45, 2.75) is 31.8 Å². The van der Waals surface area contributed by atoms with Crippen molar-refractivity contribution in [2.75, 3.05) is 19.4 Å². The molecule has 2 aromatic heterocycles. The van der Waals surface area contributed by atoms with Crippen LogP contribution in [0.2, 0.25) is 0 Å². The first-order chi connectivity index (χ1) is 14.1. The largest absolute Gasteiger partial charge is 0.495 e. The van der Waals surface area contributed by atoms with Gasteiger partial charge in [-0.1, -0.05) is 37.7 Å². The van der Waals surface area contributed by atoms with Crippen LogP contribution in [0.15, 0.2) is 52.2 Å². The molecule has 0 aliphatic carbocycles. The lowest BCUT2D eigenvalue weighted by Gasteiger charge is -2.13. The van der Waals surface area contributed by atoms with Crippen LogP contribution in [0.3, 0.4) is 0 Å². The molecule has 154 valence electrons. The average molecular weight is 415 g/mol. The summed E-state index contributed by atoms with van der Waals surface area (Å²) < 4.78 is 13.0. The fourth-order valence-corrected chi connectivity index (χ4v) is 3.65. The van der Waals surface area contributed by atoms with E-state index in [0.717, 1.165) is 28.8 Å². The van der Waals surface area contributed by atoms with E-state index in [-0.39, 0.29) is 5.91 Å². The zero-order valence-corrected chi connectivity index (χ0v) is 17.7. The number of thioether (sulfide) groups is 1. The van der Waals surface area contributed by atoms with Crippen LogP contribution in [0.1, 0.15) is 26.7 Å². The Labute approximate surface area is 174 Å². The monoisotopic (exact) mass is 414 g/mol. The highest BCUT2D eigenvalue weighted by atomic mass is 32.2. The minimum absolute atomic E-state index is 0.0850. The molecular formula is C21H26N4O3S. The summed E-state index contributed by atoms with van der Waals surface area (Å²) in [7, 11) is 1.64. The molecule has 3 aromatic rings. The highest BCUT2D eigenvalue weighted by Gasteiger charge is 2.20. The third-order valence-corrected chi connectivity index (χ3v) is 5.20. The van der Waals surface area contributed by atoms with Crippen LogP contribution in [0.4, 0.5) is 0 Å². The Kier molecular flexibility index (Phi) is 7.35. The van der Waals surface area contributed by atoms with Crippen molar-refractivity contribution >= 4 is 17.7 Å². The highest BCUT2D eigenvalue weighted by Crippen LogP contribution is 2.32. The second-order valence-corrected chi connectivity index (χ2v) is 8.00. The molecule has 3 rings (SSSR count). The van der Waals surface area contributed by atoms with Crippen molar-refractivity contribution in [3.05, 3.63) is 42.7 Å². The molecule has 7 nitrogen and oxygen atoms in total. The van der Waals surface area contributed by atoms with Gasteiger partial charge in [-0.25, -0.2) is 0 Å². The molecule has 0 spiro atoms. The molecule has 0 aliphatic rings. The highest BCUT2D eigenvalue weighted by molar-refractivity contribution is 7.99. The van der Waals surface area contributed by atoms with E-state index in [1.165, 1.54) is 0 Å². The molecule has 1 amide bonds. The number of aromatic nitrogens is 3. The summed E-state index contributed by atoms with van der Waals surface area (Å²) in [5.41, 5.74) is 0.837. The number of ether oxygens (including phenoxy) is 1. The second kappa shape index (κ2) is 10.2. The fraction of sp³-hybridized carbons (Fsp3) is 0.381. The molecule has 0 fully saturated rings. The fourth-order valence-electron chi connectivity index (χ4n) is 2.76. The molecule has 0 unspecified atom stereocenters.